The molecule has 11 heteroatoms. The maximum Gasteiger partial charge on any atom is 0.207 e. The molecule has 0 aliphatic rings. The third kappa shape index (κ3) is 2.62. The third-order valence-corrected chi connectivity index (χ3v) is 3.25. The summed E-state index contributed by atoms with van der Waals surface area (Å²) in [5.41, 5.74) is 0. The predicted molar refractivity (Wildman–Crippen MR) is 60.3 cm³/mol. The molecule has 0 bridgehead atoms. The van der Waals surface area contributed by atoms with Crippen molar-refractivity contribution in [1.82, 2.24) is 0 Å². The van der Waals surface area contributed by atoms with Crippen molar-refractivity contribution in [2.45, 2.75) is 0 Å². The number of rotatable bonds is 2. The standard InChI is InChI=1S/C12BrF9O/c13-1-2(14)3(15)5(17)8(20)11(1)23-12-9(21)6(18)4(16)7(19)10(12)22. The molecule has 2 rings (SSSR count). The first-order chi connectivity index (χ1) is 10.6. The Morgan fingerprint density at radius 2 is 0.739 bits per heavy atom. The first-order valence-electron chi connectivity index (χ1n) is 5.30. The van der Waals surface area contributed by atoms with Gasteiger partial charge in [-0.2, -0.15) is 13.2 Å². The normalized spacial score (nSPS) is 11.0. The molecule has 0 aliphatic carbocycles. The second-order valence-corrected chi connectivity index (χ2v) is 4.69. The highest BCUT2D eigenvalue weighted by Gasteiger charge is 2.31. The summed E-state index contributed by atoms with van der Waals surface area (Å²) in [6.07, 6.45) is 0. The van der Waals surface area contributed by atoms with Crippen LogP contribution in [-0.4, -0.2) is 0 Å². The summed E-state index contributed by atoms with van der Waals surface area (Å²) >= 11 is 2.22. The van der Waals surface area contributed by atoms with Crippen molar-refractivity contribution >= 4 is 15.9 Å². The lowest BCUT2D eigenvalue weighted by molar-refractivity contribution is 0.314. The van der Waals surface area contributed by atoms with E-state index in [1.54, 1.807) is 0 Å². The first-order valence-corrected chi connectivity index (χ1v) is 6.09. The summed E-state index contributed by atoms with van der Waals surface area (Å²) in [6, 6.07) is 0. The molecule has 23 heavy (non-hydrogen) atoms. The monoisotopic (exact) mass is 410 g/mol. The van der Waals surface area contributed by atoms with E-state index < -0.39 is 68.3 Å². The van der Waals surface area contributed by atoms with E-state index >= 15 is 0 Å². The number of halogens is 10. The molecule has 124 valence electrons. The fraction of sp³-hybridized carbons (Fsp3) is 0. The zero-order valence-corrected chi connectivity index (χ0v) is 11.8. The molecular weight excluding hydrogens is 411 g/mol. The van der Waals surface area contributed by atoms with Gasteiger partial charge in [0.25, 0.3) is 0 Å². The molecule has 0 saturated carbocycles. The van der Waals surface area contributed by atoms with Crippen molar-refractivity contribution < 1.29 is 44.3 Å². The van der Waals surface area contributed by atoms with E-state index in [2.05, 4.69) is 20.7 Å². The molecule has 0 aromatic heterocycles. The van der Waals surface area contributed by atoms with Gasteiger partial charge in [-0.25, -0.2) is 26.3 Å². The smallest absolute Gasteiger partial charge is 0.207 e. The average Bonchev–Trinajstić information content (AvgIpc) is 2.54. The number of hydrogen-bond donors (Lipinski definition) is 0. The molecule has 0 saturated heterocycles. The van der Waals surface area contributed by atoms with Crippen molar-refractivity contribution in [3.8, 4) is 11.5 Å². The van der Waals surface area contributed by atoms with Crippen LogP contribution in [0.1, 0.15) is 0 Å². The number of benzene rings is 2. The molecule has 0 fully saturated rings. The van der Waals surface area contributed by atoms with Gasteiger partial charge in [0.1, 0.15) is 4.47 Å². The lowest BCUT2D eigenvalue weighted by Gasteiger charge is -2.13. The topological polar surface area (TPSA) is 9.23 Å². The first kappa shape index (κ1) is 17.4. The van der Waals surface area contributed by atoms with Gasteiger partial charge >= 0.3 is 0 Å². The Balaban J connectivity index is 2.71. The van der Waals surface area contributed by atoms with E-state index in [1.165, 1.54) is 0 Å². The summed E-state index contributed by atoms with van der Waals surface area (Å²) in [5.74, 6) is -25.1. The van der Waals surface area contributed by atoms with Crippen molar-refractivity contribution in [2.24, 2.45) is 0 Å². The minimum atomic E-state index is -2.52. The molecule has 0 spiro atoms. The number of hydrogen-bond acceptors (Lipinski definition) is 1. The van der Waals surface area contributed by atoms with Crippen LogP contribution in [0.3, 0.4) is 0 Å². The van der Waals surface area contributed by atoms with E-state index in [4.69, 9.17) is 0 Å². The van der Waals surface area contributed by atoms with E-state index in [9.17, 15) is 39.5 Å². The van der Waals surface area contributed by atoms with Crippen LogP contribution in [0.4, 0.5) is 39.5 Å². The lowest BCUT2D eigenvalue weighted by Crippen LogP contribution is -2.07. The lowest BCUT2D eigenvalue weighted by atomic mass is 10.2. The zero-order valence-electron chi connectivity index (χ0n) is 10.2. The Morgan fingerprint density at radius 3 is 1.17 bits per heavy atom. The molecule has 1 nitrogen and oxygen atoms in total. The van der Waals surface area contributed by atoms with Crippen LogP contribution < -0.4 is 4.74 Å². The maximum atomic E-state index is 13.5. The highest BCUT2D eigenvalue weighted by Crippen LogP contribution is 2.40. The summed E-state index contributed by atoms with van der Waals surface area (Å²) in [4.78, 5) is 0. The van der Waals surface area contributed by atoms with Gasteiger partial charge in [-0.15, -0.1) is 0 Å². The Bertz CT molecular complexity index is 696. The quantitative estimate of drug-likeness (QED) is 0.361. The highest BCUT2D eigenvalue weighted by molar-refractivity contribution is 9.10. The second-order valence-electron chi connectivity index (χ2n) is 3.90. The molecule has 0 N–H and O–H groups in total. The van der Waals surface area contributed by atoms with Crippen LogP contribution in [-0.2, 0) is 0 Å². The molecule has 0 unspecified atom stereocenters. The van der Waals surface area contributed by atoms with E-state index in [0.717, 1.165) is 0 Å². The van der Waals surface area contributed by atoms with E-state index in [1.807, 2.05) is 0 Å². The predicted octanol–water partition coefficient (Wildman–Crippen LogP) is 5.49. The van der Waals surface area contributed by atoms with Crippen molar-refractivity contribution in [2.75, 3.05) is 0 Å². The average molecular weight is 411 g/mol. The molecule has 0 atom stereocenters. The molecule has 2 aromatic carbocycles. The van der Waals surface area contributed by atoms with Crippen LogP contribution in [0.5, 0.6) is 11.5 Å². The van der Waals surface area contributed by atoms with Gasteiger partial charge in [0.2, 0.25) is 46.5 Å². The highest BCUT2D eigenvalue weighted by atomic mass is 79.9. The van der Waals surface area contributed by atoms with Crippen molar-refractivity contribution in [3.63, 3.8) is 0 Å². The molecule has 0 heterocycles. The van der Waals surface area contributed by atoms with Crippen molar-refractivity contribution in [3.05, 3.63) is 56.8 Å². The zero-order chi connectivity index (χ0) is 17.6. The van der Waals surface area contributed by atoms with Crippen LogP contribution in [0.25, 0.3) is 0 Å². The largest absolute Gasteiger partial charge is 0.446 e. The van der Waals surface area contributed by atoms with Gasteiger partial charge in [-0.1, -0.05) is 0 Å². The van der Waals surface area contributed by atoms with Gasteiger partial charge in [0.15, 0.2) is 17.4 Å². The molecule has 0 radical (unpaired) electrons. The fourth-order valence-electron chi connectivity index (χ4n) is 1.45. The third-order valence-electron chi connectivity index (χ3n) is 2.54. The summed E-state index contributed by atoms with van der Waals surface area (Å²) in [7, 11) is 0. The molecule has 2 aromatic rings. The fourth-order valence-corrected chi connectivity index (χ4v) is 1.88. The van der Waals surface area contributed by atoms with E-state index in [-0.39, 0.29) is 0 Å². The van der Waals surface area contributed by atoms with Crippen LogP contribution in [0, 0.1) is 52.4 Å². The van der Waals surface area contributed by atoms with Gasteiger partial charge in [-0.3, -0.25) is 0 Å². The maximum absolute atomic E-state index is 13.5. The van der Waals surface area contributed by atoms with Gasteiger partial charge in [-0.05, 0) is 15.9 Å². The van der Waals surface area contributed by atoms with Crippen LogP contribution in [0.15, 0.2) is 4.47 Å². The minimum Gasteiger partial charge on any atom is -0.446 e. The minimum absolute atomic E-state index is 1.27. The Kier molecular flexibility index (Phi) is 4.51. The second kappa shape index (κ2) is 5.95. The summed E-state index contributed by atoms with van der Waals surface area (Å²) in [6.45, 7) is 0. The SMILES string of the molecule is Fc1c(F)c(F)c(Oc2c(F)c(F)c(F)c(F)c2Br)c(F)c1F. The number of ether oxygens (including phenoxy) is 1. The van der Waals surface area contributed by atoms with Crippen LogP contribution >= 0.6 is 15.9 Å². The Hall–Kier alpha value is -1.91. The summed E-state index contributed by atoms with van der Waals surface area (Å²) in [5, 5.41) is 0. The molecular formula is C12BrF9O. The van der Waals surface area contributed by atoms with Crippen molar-refractivity contribution in [1.29, 1.82) is 0 Å². The van der Waals surface area contributed by atoms with Gasteiger partial charge < -0.3 is 4.74 Å². The van der Waals surface area contributed by atoms with Gasteiger partial charge in [0.05, 0.1) is 0 Å². The Morgan fingerprint density at radius 1 is 0.435 bits per heavy atom. The van der Waals surface area contributed by atoms with Gasteiger partial charge in [0, 0.05) is 0 Å². The molecule has 0 aliphatic heterocycles. The van der Waals surface area contributed by atoms with Crippen LogP contribution in [0.2, 0.25) is 0 Å². The summed E-state index contributed by atoms with van der Waals surface area (Å²) < 4.78 is 121. The molecule has 0 amide bonds. The Labute approximate surface area is 129 Å². The van der Waals surface area contributed by atoms with E-state index in [0.29, 0.717) is 0 Å².